The van der Waals surface area contributed by atoms with Crippen molar-refractivity contribution in [1.82, 2.24) is 14.9 Å². The Labute approximate surface area is 110 Å². The van der Waals surface area contributed by atoms with Gasteiger partial charge in [-0.3, -0.25) is 0 Å². The van der Waals surface area contributed by atoms with E-state index in [1.807, 2.05) is 14.1 Å². The zero-order valence-electron chi connectivity index (χ0n) is 10.2. The van der Waals surface area contributed by atoms with E-state index in [9.17, 15) is 0 Å². The molecule has 90 valence electrons. The standard InChI is InChI=1S/C11H18BrN3S/c1-7(2)5-8-10(12)11(16)14-9(13-8)6-15(3)4/h7H,5-6H2,1-4H3,(H,13,14,16). The number of nitrogens with one attached hydrogen (secondary N) is 1. The molecule has 0 radical (unpaired) electrons. The van der Waals surface area contributed by atoms with Crippen molar-refractivity contribution in [2.45, 2.75) is 26.8 Å². The van der Waals surface area contributed by atoms with Gasteiger partial charge in [-0.25, -0.2) is 4.98 Å². The fourth-order valence-corrected chi connectivity index (χ4v) is 2.06. The molecule has 0 bridgehead atoms. The number of aromatic amines is 1. The smallest absolute Gasteiger partial charge is 0.144 e. The average Bonchev–Trinajstić information content (AvgIpc) is 2.11. The first-order valence-electron chi connectivity index (χ1n) is 5.32. The second-order valence-corrected chi connectivity index (χ2v) is 5.80. The molecule has 0 aliphatic rings. The van der Waals surface area contributed by atoms with Crippen LogP contribution in [0.1, 0.15) is 25.4 Å². The van der Waals surface area contributed by atoms with Crippen molar-refractivity contribution in [3.63, 3.8) is 0 Å². The summed E-state index contributed by atoms with van der Waals surface area (Å²) in [6.07, 6.45) is 0.979. The molecule has 0 aromatic carbocycles. The zero-order valence-corrected chi connectivity index (χ0v) is 12.6. The second kappa shape index (κ2) is 5.89. The first-order chi connectivity index (χ1) is 7.40. The number of hydrogen-bond donors (Lipinski definition) is 1. The summed E-state index contributed by atoms with van der Waals surface area (Å²) in [6, 6.07) is 0. The summed E-state index contributed by atoms with van der Waals surface area (Å²) in [5.74, 6) is 1.52. The minimum absolute atomic E-state index is 0.594. The molecule has 1 N–H and O–H groups in total. The Morgan fingerprint density at radius 2 is 2.06 bits per heavy atom. The van der Waals surface area contributed by atoms with Gasteiger partial charge in [0, 0.05) is 5.69 Å². The van der Waals surface area contributed by atoms with Crippen molar-refractivity contribution in [3.8, 4) is 0 Å². The molecule has 1 aromatic heterocycles. The third-order valence-electron chi connectivity index (χ3n) is 2.06. The van der Waals surface area contributed by atoms with Gasteiger partial charge in [0.15, 0.2) is 0 Å². The Bertz CT molecular complexity index is 412. The lowest BCUT2D eigenvalue weighted by molar-refractivity contribution is 0.389. The van der Waals surface area contributed by atoms with Crippen molar-refractivity contribution in [2.75, 3.05) is 14.1 Å². The Balaban J connectivity index is 3.07. The van der Waals surface area contributed by atoms with Crippen LogP contribution in [0.3, 0.4) is 0 Å². The van der Waals surface area contributed by atoms with E-state index in [1.54, 1.807) is 0 Å². The van der Waals surface area contributed by atoms with Gasteiger partial charge in [-0.05, 0) is 42.4 Å². The van der Waals surface area contributed by atoms with Crippen LogP contribution in [-0.2, 0) is 13.0 Å². The minimum Gasteiger partial charge on any atom is -0.345 e. The number of halogens is 1. The van der Waals surface area contributed by atoms with Crippen LogP contribution in [0.5, 0.6) is 0 Å². The van der Waals surface area contributed by atoms with E-state index < -0.39 is 0 Å². The lowest BCUT2D eigenvalue weighted by atomic mass is 10.1. The highest BCUT2D eigenvalue weighted by Crippen LogP contribution is 2.19. The maximum Gasteiger partial charge on any atom is 0.144 e. The summed E-state index contributed by atoms with van der Waals surface area (Å²) < 4.78 is 1.57. The summed E-state index contributed by atoms with van der Waals surface area (Å²) in [5.41, 5.74) is 1.15. The summed E-state index contributed by atoms with van der Waals surface area (Å²) in [6.45, 7) is 5.16. The molecule has 1 rings (SSSR count). The Morgan fingerprint density at radius 3 is 2.56 bits per heavy atom. The van der Waals surface area contributed by atoms with Gasteiger partial charge in [0.05, 0.1) is 11.0 Å². The van der Waals surface area contributed by atoms with Crippen molar-refractivity contribution >= 4 is 28.1 Å². The molecule has 0 amide bonds. The summed E-state index contributed by atoms with van der Waals surface area (Å²) in [7, 11) is 4.03. The van der Waals surface area contributed by atoms with Crippen LogP contribution < -0.4 is 0 Å². The SMILES string of the molecule is CC(C)Cc1[nH]c(CN(C)C)nc(=S)c1Br. The van der Waals surface area contributed by atoms with E-state index in [0.29, 0.717) is 10.6 Å². The van der Waals surface area contributed by atoms with Gasteiger partial charge >= 0.3 is 0 Å². The lowest BCUT2D eigenvalue weighted by Crippen LogP contribution is -2.15. The molecule has 1 aromatic rings. The van der Waals surface area contributed by atoms with Crippen molar-refractivity contribution in [2.24, 2.45) is 5.92 Å². The van der Waals surface area contributed by atoms with Crippen LogP contribution in [0.4, 0.5) is 0 Å². The van der Waals surface area contributed by atoms with E-state index in [-0.39, 0.29) is 0 Å². The average molecular weight is 304 g/mol. The Kier molecular flexibility index (Phi) is 5.08. The van der Waals surface area contributed by atoms with Crippen LogP contribution in [0.25, 0.3) is 0 Å². The molecular weight excluding hydrogens is 286 g/mol. The molecule has 3 nitrogen and oxygen atoms in total. The Morgan fingerprint density at radius 1 is 1.44 bits per heavy atom. The second-order valence-electron chi connectivity index (χ2n) is 4.62. The number of aromatic nitrogens is 2. The van der Waals surface area contributed by atoms with E-state index in [1.165, 1.54) is 0 Å². The summed E-state index contributed by atoms with van der Waals surface area (Å²) in [4.78, 5) is 9.77. The number of hydrogen-bond acceptors (Lipinski definition) is 3. The number of H-pyrrole nitrogens is 1. The van der Waals surface area contributed by atoms with Crippen LogP contribution >= 0.6 is 28.1 Å². The van der Waals surface area contributed by atoms with Gasteiger partial charge < -0.3 is 9.88 Å². The summed E-state index contributed by atoms with van der Waals surface area (Å²) in [5, 5.41) is 0. The van der Waals surface area contributed by atoms with Gasteiger partial charge in [-0.1, -0.05) is 26.1 Å². The molecule has 16 heavy (non-hydrogen) atoms. The third kappa shape index (κ3) is 3.96. The van der Waals surface area contributed by atoms with Gasteiger partial charge in [-0.15, -0.1) is 0 Å². The molecule has 0 unspecified atom stereocenters. The highest BCUT2D eigenvalue weighted by Gasteiger charge is 2.08. The van der Waals surface area contributed by atoms with Crippen molar-refractivity contribution in [3.05, 3.63) is 20.6 Å². The molecule has 5 heteroatoms. The first kappa shape index (κ1) is 13.8. The topological polar surface area (TPSA) is 31.9 Å². The molecule has 0 atom stereocenters. The van der Waals surface area contributed by atoms with Crippen LogP contribution in [0.2, 0.25) is 0 Å². The maximum absolute atomic E-state index is 5.24. The monoisotopic (exact) mass is 303 g/mol. The van der Waals surface area contributed by atoms with Crippen molar-refractivity contribution in [1.29, 1.82) is 0 Å². The normalized spacial score (nSPS) is 11.4. The fourth-order valence-electron chi connectivity index (χ4n) is 1.48. The number of nitrogens with zero attached hydrogens (tertiary/aromatic N) is 2. The predicted molar refractivity (Wildman–Crippen MR) is 73.1 cm³/mol. The zero-order chi connectivity index (χ0) is 12.3. The van der Waals surface area contributed by atoms with Crippen LogP contribution in [-0.4, -0.2) is 29.0 Å². The summed E-state index contributed by atoms with van der Waals surface area (Å²) >= 11 is 8.73. The van der Waals surface area contributed by atoms with E-state index in [4.69, 9.17) is 12.2 Å². The molecule has 0 spiro atoms. The van der Waals surface area contributed by atoms with E-state index >= 15 is 0 Å². The van der Waals surface area contributed by atoms with Gasteiger partial charge in [-0.2, -0.15) is 0 Å². The highest BCUT2D eigenvalue weighted by atomic mass is 79.9. The number of rotatable bonds is 4. The van der Waals surface area contributed by atoms with Crippen LogP contribution in [0.15, 0.2) is 4.47 Å². The molecule has 0 aliphatic carbocycles. The van der Waals surface area contributed by atoms with E-state index in [2.05, 4.69) is 44.6 Å². The maximum atomic E-state index is 5.24. The lowest BCUT2D eigenvalue weighted by Gasteiger charge is -2.13. The molecule has 0 aliphatic heterocycles. The molecule has 1 heterocycles. The van der Waals surface area contributed by atoms with Gasteiger partial charge in [0.2, 0.25) is 0 Å². The predicted octanol–water partition coefficient (Wildman–Crippen LogP) is 3.16. The van der Waals surface area contributed by atoms with Crippen molar-refractivity contribution < 1.29 is 0 Å². The first-order valence-corrected chi connectivity index (χ1v) is 6.52. The highest BCUT2D eigenvalue weighted by molar-refractivity contribution is 9.10. The van der Waals surface area contributed by atoms with Crippen LogP contribution in [0, 0.1) is 10.6 Å². The Hall–Kier alpha value is -0.260. The quantitative estimate of drug-likeness (QED) is 0.867. The van der Waals surface area contributed by atoms with Gasteiger partial charge in [0.25, 0.3) is 0 Å². The fraction of sp³-hybridized carbons (Fsp3) is 0.636. The van der Waals surface area contributed by atoms with E-state index in [0.717, 1.165) is 29.0 Å². The molecule has 0 saturated heterocycles. The molecule has 0 fully saturated rings. The molecular formula is C11H18BrN3S. The third-order valence-corrected chi connectivity index (χ3v) is 3.47. The minimum atomic E-state index is 0.594. The molecule has 0 saturated carbocycles. The van der Waals surface area contributed by atoms with Gasteiger partial charge in [0.1, 0.15) is 10.5 Å². The largest absolute Gasteiger partial charge is 0.345 e.